The van der Waals surface area contributed by atoms with E-state index in [0.29, 0.717) is 17.5 Å². The quantitative estimate of drug-likeness (QED) is 0.715. The average Bonchev–Trinajstić information content (AvgIpc) is 2.63. The zero-order valence-electron chi connectivity index (χ0n) is 15.4. The van der Waals surface area contributed by atoms with Crippen LogP contribution in [0.3, 0.4) is 0 Å². The van der Waals surface area contributed by atoms with E-state index < -0.39 is 18.0 Å². The minimum absolute atomic E-state index is 0.0447. The molecule has 0 saturated carbocycles. The number of allylic oxidation sites excluding steroid dienone is 2. The molecule has 1 aliphatic heterocycles. The van der Waals surface area contributed by atoms with Crippen molar-refractivity contribution in [1.82, 2.24) is 0 Å². The first-order valence-corrected chi connectivity index (χ1v) is 8.57. The van der Waals surface area contributed by atoms with Gasteiger partial charge in [-0.1, -0.05) is 23.8 Å². The van der Waals surface area contributed by atoms with Crippen LogP contribution in [0.5, 0.6) is 23.0 Å². The van der Waals surface area contributed by atoms with Crippen LogP contribution in [0.15, 0.2) is 42.0 Å². The third-order valence-electron chi connectivity index (χ3n) is 4.53. The molecule has 142 valence electrons. The van der Waals surface area contributed by atoms with Crippen molar-refractivity contribution in [3.63, 3.8) is 0 Å². The van der Waals surface area contributed by atoms with Crippen LogP contribution in [0.4, 0.5) is 0 Å². The van der Waals surface area contributed by atoms with Crippen molar-refractivity contribution in [3.05, 3.63) is 58.7 Å². The summed E-state index contributed by atoms with van der Waals surface area (Å²) < 4.78 is 11.2. The predicted molar refractivity (Wildman–Crippen MR) is 99.6 cm³/mol. The number of Topliss-reactive ketones (excluding diaryl/α,β-unsaturated/α-hetero) is 1. The molecule has 0 fully saturated rings. The van der Waals surface area contributed by atoms with E-state index in [9.17, 15) is 20.1 Å². The molecule has 3 rings (SSSR count). The van der Waals surface area contributed by atoms with Gasteiger partial charge < -0.3 is 24.8 Å². The van der Waals surface area contributed by atoms with Gasteiger partial charge in [-0.3, -0.25) is 4.79 Å². The van der Waals surface area contributed by atoms with Crippen molar-refractivity contribution in [2.45, 2.75) is 32.5 Å². The molecule has 2 aromatic carbocycles. The fourth-order valence-corrected chi connectivity index (χ4v) is 3.08. The number of phenols is 2. The molecule has 0 amide bonds. The second-order valence-electron chi connectivity index (χ2n) is 6.71. The zero-order valence-corrected chi connectivity index (χ0v) is 15.4. The Balaban J connectivity index is 2.15. The number of ether oxygens (including phenoxy) is 2. The van der Waals surface area contributed by atoms with E-state index in [2.05, 4.69) is 0 Å². The molecule has 6 nitrogen and oxygen atoms in total. The molecule has 0 unspecified atom stereocenters. The lowest BCUT2D eigenvalue weighted by atomic mass is 9.90. The normalized spacial score (nSPS) is 18.4. The van der Waals surface area contributed by atoms with Crippen molar-refractivity contribution < 1.29 is 29.6 Å². The van der Waals surface area contributed by atoms with Gasteiger partial charge in [-0.25, -0.2) is 0 Å². The summed E-state index contributed by atoms with van der Waals surface area (Å²) in [6, 6.07) is 7.44. The smallest absolute Gasteiger partial charge is 0.202 e. The van der Waals surface area contributed by atoms with Crippen molar-refractivity contribution in [3.8, 4) is 23.0 Å². The Morgan fingerprint density at radius 3 is 2.48 bits per heavy atom. The van der Waals surface area contributed by atoms with Gasteiger partial charge >= 0.3 is 0 Å². The molecule has 3 N–H and O–H groups in total. The van der Waals surface area contributed by atoms with Crippen molar-refractivity contribution in [2.24, 2.45) is 0 Å². The molecule has 0 aromatic heterocycles. The molecular formula is C21H22O6. The highest BCUT2D eigenvalue weighted by molar-refractivity contribution is 6.06. The SMILES string of the molecule is COc1cc(O)c(CC=C(C)C)c2c1C(=O)[C@@H](O)[C@@H](c1ccc(O)cc1)O2. The number of hydrogen-bond acceptors (Lipinski definition) is 6. The van der Waals surface area contributed by atoms with Crippen LogP contribution >= 0.6 is 0 Å². The Morgan fingerprint density at radius 2 is 1.89 bits per heavy atom. The number of aliphatic hydroxyl groups is 1. The number of rotatable bonds is 4. The van der Waals surface area contributed by atoms with Crippen LogP contribution < -0.4 is 9.47 Å². The Bertz CT molecular complexity index is 894. The summed E-state index contributed by atoms with van der Waals surface area (Å²) in [6.45, 7) is 3.87. The van der Waals surface area contributed by atoms with Gasteiger partial charge in [0.05, 0.1) is 7.11 Å². The van der Waals surface area contributed by atoms with E-state index in [1.165, 1.54) is 25.3 Å². The highest BCUT2D eigenvalue weighted by Crippen LogP contribution is 2.46. The van der Waals surface area contributed by atoms with Crippen LogP contribution in [0, 0.1) is 0 Å². The molecule has 0 bridgehead atoms. The van der Waals surface area contributed by atoms with Gasteiger partial charge in [-0.15, -0.1) is 0 Å². The fraction of sp³-hybridized carbons (Fsp3) is 0.286. The topological polar surface area (TPSA) is 96.2 Å². The third kappa shape index (κ3) is 3.48. The number of carbonyl (C=O) groups is 1. The maximum absolute atomic E-state index is 12.9. The number of aliphatic hydroxyl groups excluding tert-OH is 1. The monoisotopic (exact) mass is 370 g/mol. The second-order valence-corrected chi connectivity index (χ2v) is 6.71. The fourth-order valence-electron chi connectivity index (χ4n) is 3.08. The van der Waals surface area contributed by atoms with E-state index >= 15 is 0 Å². The number of fused-ring (bicyclic) bond motifs is 1. The van der Waals surface area contributed by atoms with Crippen LogP contribution in [0.2, 0.25) is 0 Å². The van der Waals surface area contributed by atoms with Crippen molar-refractivity contribution in [1.29, 1.82) is 0 Å². The molecule has 6 heteroatoms. The van der Waals surface area contributed by atoms with Gasteiger partial charge in [-0.2, -0.15) is 0 Å². The van der Waals surface area contributed by atoms with E-state index in [-0.39, 0.29) is 28.6 Å². The maximum Gasteiger partial charge on any atom is 0.202 e. The summed E-state index contributed by atoms with van der Waals surface area (Å²) in [4.78, 5) is 12.9. The first-order chi connectivity index (χ1) is 12.8. The molecule has 1 aliphatic rings. The molecule has 0 spiro atoms. The van der Waals surface area contributed by atoms with Crippen LogP contribution in [-0.4, -0.2) is 34.3 Å². The van der Waals surface area contributed by atoms with Crippen molar-refractivity contribution in [2.75, 3.05) is 7.11 Å². The number of ketones is 1. The lowest BCUT2D eigenvalue weighted by Gasteiger charge is -2.32. The summed E-state index contributed by atoms with van der Waals surface area (Å²) in [5.74, 6) is -0.157. The van der Waals surface area contributed by atoms with E-state index in [1.807, 2.05) is 19.9 Å². The number of phenolic OH excluding ortho intramolecular Hbond substituents is 2. The molecule has 27 heavy (non-hydrogen) atoms. The maximum atomic E-state index is 12.9. The Morgan fingerprint density at radius 1 is 1.22 bits per heavy atom. The Hall–Kier alpha value is -2.99. The van der Waals surface area contributed by atoms with Gasteiger partial charge in [0.1, 0.15) is 28.6 Å². The van der Waals surface area contributed by atoms with Crippen LogP contribution in [-0.2, 0) is 6.42 Å². The summed E-state index contributed by atoms with van der Waals surface area (Å²) in [5.41, 5.74) is 2.16. The van der Waals surface area contributed by atoms with Gasteiger partial charge in [0.25, 0.3) is 0 Å². The number of aromatic hydroxyl groups is 2. The average molecular weight is 370 g/mol. The molecule has 0 aliphatic carbocycles. The summed E-state index contributed by atoms with van der Waals surface area (Å²) in [7, 11) is 1.39. The molecular weight excluding hydrogens is 348 g/mol. The lowest BCUT2D eigenvalue weighted by Crippen LogP contribution is -2.37. The first-order valence-electron chi connectivity index (χ1n) is 8.57. The molecule has 2 aromatic rings. The van der Waals surface area contributed by atoms with E-state index in [4.69, 9.17) is 9.47 Å². The van der Waals surface area contributed by atoms with Gasteiger partial charge in [0.2, 0.25) is 5.78 Å². The minimum atomic E-state index is -1.43. The van der Waals surface area contributed by atoms with E-state index in [1.54, 1.807) is 12.1 Å². The summed E-state index contributed by atoms with van der Waals surface area (Å²) in [5, 5.41) is 30.5. The number of hydrogen-bond donors (Lipinski definition) is 3. The standard InChI is InChI=1S/C21H22O6/c1-11(2)4-9-14-15(23)10-16(26-3)17-18(24)19(25)20(27-21(14)17)12-5-7-13(22)8-6-12/h4-8,10,19-20,22-23,25H,9H2,1-3H3/t19-,20-/m1/s1. The van der Waals surface area contributed by atoms with Gasteiger partial charge in [-0.05, 0) is 38.0 Å². The largest absolute Gasteiger partial charge is 0.508 e. The zero-order chi connectivity index (χ0) is 19.7. The predicted octanol–water partition coefficient (Wildman–Crippen LogP) is 3.29. The number of methoxy groups -OCH3 is 1. The molecule has 0 radical (unpaired) electrons. The molecule has 2 atom stereocenters. The number of benzene rings is 2. The Kier molecular flexibility index (Phi) is 5.10. The first kappa shape index (κ1) is 18.8. The van der Waals surface area contributed by atoms with Gasteiger partial charge in [0, 0.05) is 11.6 Å². The number of carbonyl (C=O) groups excluding carboxylic acids is 1. The van der Waals surface area contributed by atoms with Gasteiger partial charge in [0.15, 0.2) is 12.2 Å². The third-order valence-corrected chi connectivity index (χ3v) is 4.53. The summed E-state index contributed by atoms with van der Waals surface area (Å²) in [6.07, 6.45) is -0.109. The molecule has 0 saturated heterocycles. The second kappa shape index (κ2) is 7.32. The minimum Gasteiger partial charge on any atom is -0.508 e. The highest BCUT2D eigenvalue weighted by Gasteiger charge is 2.40. The molecule has 1 heterocycles. The van der Waals surface area contributed by atoms with Crippen molar-refractivity contribution >= 4 is 5.78 Å². The highest BCUT2D eigenvalue weighted by atomic mass is 16.5. The van der Waals surface area contributed by atoms with Crippen LogP contribution in [0.25, 0.3) is 0 Å². The van der Waals surface area contributed by atoms with E-state index in [0.717, 1.165) is 5.57 Å². The Labute approximate surface area is 157 Å². The van der Waals surface area contributed by atoms with Crippen LogP contribution in [0.1, 0.15) is 41.4 Å². The summed E-state index contributed by atoms with van der Waals surface area (Å²) >= 11 is 0. The lowest BCUT2D eigenvalue weighted by molar-refractivity contribution is 0.0206.